The summed E-state index contributed by atoms with van der Waals surface area (Å²) in [7, 11) is 0. The van der Waals surface area contributed by atoms with Crippen LogP contribution < -0.4 is 10.6 Å². The number of aliphatic carboxylic acids is 1. The van der Waals surface area contributed by atoms with Gasteiger partial charge in [0.05, 0.1) is 13.0 Å². The van der Waals surface area contributed by atoms with Gasteiger partial charge in [-0.15, -0.1) is 11.6 Å². The van der Waals surface area contributed by atoms with E-state index in [1.807, 2.05) is 30.0 Å². The number of hydrogen-bond acceptors (Lipinski definition) is 4. The number of carboxylic acids is 1. The minimum Gasteiger partial charge on any atom is -0.481 e. The molecule has 0 amide bonds. The lowest BCUT2D eigenvalue weighted by molar-refractivity contribution is -0.137. The molecule has 1 aromatic carbocycles. The molecular weight excluding hydrogens is 292 g/mol. The van der Waals surface area contributed by atoms with Crippen molar-refractivity contribution in [3.63, 3.8) is 0 Å². The van der Waals surface area contributed by atoms with Gasteiger partial charge in [0.1, 0.15) is 0 Å². The van der Waals surface area contributed by atoms with Crippen LogP contribution in [0.2, 0.25) is 0 Å². The van der Waals surface area contributed by atoms with Crippen LogP contribution in [-0.4, -0.2) is 47.8 Å². The Labute approximate surface area is 130 Å². The summed E-state index contributed by atoms with van der Waals surface area (Å²) in [6.45, 7) is 3.19. The molecular formula is C15H23ClN2O3. The quantitative estimate of drug-likeness (QED) is 0.599. The van der Waals surface area contributed by atoms with Gasteiger partial charge in [-0.25, -0.2) is 0 Å². The topological polar surface area (TPSA) is 86.8 Å². The molecule has 0 aliphatic carbocycles. The zero-order valence-corrected chi connectivity index (χ0v) is 13.0. The Bertz CT molecular complexity index is 462. The minimum atomic E-state index is -0.889. The van der Waals surface area contributed by atoms with E-state index in [4.69, 9.17) is 27.5 Å². The number of nitrogens with zero attached hydrogens (tertiary/aromatic N) is 1. The van der Waals surface area contributed by atoms with Crippen molar-refractivity contribution >= 4 is 23.3 Å². The molecule has 1 aromatic rings. The van der Waals surface area contributed by atoms with Crippen LogP contribution in [0.25, 0.3) is 0 Å². The summed E-state index contributed by atoms with van der Waals surface area (Å²) in [5, 5.41) is 17.9. The van der Waals surface area contributed by atoms with E-state index in [0.717, 1.165) is 16.8 Å². The summed E-state index contributed by atoms with van der Waals surface area (Å²) in [5.74, 6) is -0.415. The number of halogens is 1. The molecule has 6 heteroatoms. The Morgan fingerprint density at radius 1 is 1.43 bits per heavy atom. The highest BCUT2D eigenvalue weighted by Gasteiger charge is 2.13. The van der Waals surface area contributed by atoms with E-state index in [2.05, 4.69) is 0 Å². The lowest BCUT2D eigenvalue weighted by Crippen LogP contribution is -2.29. The highest BCUT2D eigenvalue weighted by atomic mass is 35.5. The lowest BCUT2D eigenvalue weighted by atomic mass is 9.99. The molecule has 0 saturated heterocycles. The molecule has 21 heavy (non-hydrogen) atoms. The van der Waals surface area contributed by atoms with E-state index in [0.29, 0.717) is 25.4 Å². The maximum atomic E-state index is 10.7. The van der Waals surface area contributed by atoms with Crippen LogP contribution in [0.15, 0.2) is 18.2 Å². The van der Waals surface area contributed by atoms with Crippen LogP contribution in [0.5, 0.6) is 0 Å². The second-order valence-corrected chi connectivity index (χ2v) is 5.45. The average molecular weight is 315 g/mol. The molecule has 0 radical (unpaired) electrons. The molecule has 0 aromatic heterocycles. The van der Waals surface area contributed by atoms with Crippen molar-refractivity contribution in [3.8, 4) is 0 Å². The molecule has 1 rings (SSSR count). The Balaban J connectivity index is 2.89. The number of nitrogens with two attached hydrogens (primary N) is 1. The van der Waals surface area contributed by atoms with Gasteiger partial charge in [0.15, 0.2) is 0 Å². The van der Waals surface area contributed by atoms with Gasteiger partial charge in [-0.1, -0.05) is 6.07 Å². The molecule has 5 nitrogen and oxygen atoms in total. The molecule has 0 aliphatic heterocycles. The zero-order chi connectivity index (χ0) is 15.8. The Hall–Kier alpha value is -1.30. The number of aliphatic hydroxyl groups excluding tert-OH is 1. The largest absolute Gasteiger partial charge is 0.481 e. The lowest BCUT2D eigenvalue weighted by Gasteiger charge is -2.24. The van der Waals surface area contributed by atoms with Crippen molar-refractivity contribution in [1.82, 2.24) is 0 Å². The number of aliphatic hydroxyl groups is 1. The van der Waals surface area contributed by atoms with Crippen LogP contribution in [0.4, 0.5) is 5.69 Å². The molecule has 118 valence electrons. The molecule has 1 unspecified atom stereocenters. The third-order valence-electron chi connectivity index (χ3n) is 3.34. The Morgan fingerprint density at radius 3 is 2.71 bits per heavy atom. The summed E-state index contributed by atoms with van der Waals surface area (Å²) in [5.41, 5.74) is 8.93. The van der Waals surface area contributed by atoms with Crippen LogP contribution in [0.3, 0.4) is 0 Å². The SMILES string of the molecule is Cc1ccc(N(CCO)CCCl)cc1CC(N)CC(=O)O. The fraction of sp³-hybridized carbons (Fsp3) is 0.533. The molecule has 4 N–H and O–H groups in total. The highest BCUT2D eigenvalue weighted by molar-refractivity contribution is 6.18. The maximum absolute atomic E-state index is 10.7. The summed E-state index contributed by atoms with van der Waals surface area (Å²) in [6, 6.07) is 5.55. The molecule has 0 fully saturated rings. The monoisotopic (exact) mass is 314 g/mol. The van der Waals surface area contributed by atoms with Crippen molar-refractivity contribution in [1.29, 1.82) is 0 Å². The van der Waals surface area contributed by atoms with Crippen LogP contribution in [0.1, 0.15) is 17.5 Å². The number of carboxylic acid groups (broad SMARTS) is 1. The van der Waals surface area contributed by atoms with Gasteiger partial charge >= 0.3 is 5.97 Å². The van der Waals surface area contributed by atoms with Crippen molar-refractivity contribution in [2.75, 3.05) is 30.5 Å². The van der Waals surface area contributed by atoms with Gasteiger partial charge in [-0.2, -0.15) is 0 Å². The Kier molecular flexibility index (Phi) is 7.50. The first-order chi connectivity index (χ1) is 9.97. The minimum absolute atomic E-state index is 0.0499. The van der Waals surface area contributed by atoms with Gasteiger partial charge in [0.2, 0.25) is 0 Å². The number of alkyl halides is 1. The number of anilines is 1. The first kappa shape index (κ1) is 17.8. The predicted octanol–water partition coefficient (Wildman–Crippen LogP) is 1.38. The van der Waals surface area contributed by atoms with Crippen molar-refractivity contribution < 1.29 is 15.0 Å². The standard InChI is InChI=1S/C15H23ClN2O3/c1-11-2-3-14(18(5-4-16)6-7-19)9-12(11)8-13(17)10-15(20)21/h2-3,9,13,19H,4-8,10,17H2,1H3,(H,20,21). The van der Waals surface area contributed by atoms with E-state index >= 15 is 0 Å². The second-order valence-electron chi connectivity index (χ2n) is 5.07. The van der Waals surface area contributed by atoms with E-state index in [-0.39, 0.29) is 13.0 Å². The molecule has 0 saturated carbocycles. The van der Waals surface area contributed by atoms with Gasteiger partial charge < -0.3 is 20.8 Å². The molecule has 0 spiro atoms. The van der Waals surface area contributed by atoms with Gasteiger partial charge in [-0.05, 0) is 36.6 Å². The highest BCUT2D eigenvalue weighted by Crippen LogP contribution is 2.21. The molecule has 0 heterocycles. The average Bonchev–Trinajstić information content (AvgIpc) is 2.40. The predicted molar refractivity (Wildman–Crippen MR) is 85.1 cm³/mol. The van der Waals surface area contributed by atoms with Gasteiger partial charge in [-0.3, -0.25) is 4.79 Å². The van der Waals surface area contributed by atoms with Crippen LogP contribution in [0, 0.1) is 6.92 Å². The number of benzene rings is 1. The third-order valence-corrected chi connectivity index (χ3v) is 3.51. The van der Waals surface area contributed by atoms with E-state index < -0.39 is 12.0 Å². The first-order valence-corrected chi connectivity index (χ1v) is 7.50. The van der Waals surface area contributed by atoms with Crippen molar-refractivity contribution in [2.45, 2.75) is 25.8 Å². The van der Waals surface area contributed by atoms with Gasteiger partial charge in [0, 0.05) is 30.7 Å². The smallest absolute Gasteiger partial charge is 0.304 e. The van der Waals surface area contributed by atoms with Crippen LogP contribution >= 0.6 is 11.6 Å². The second kappa shape index (κ2) is 8.87. The zero-order valence-electron chi connectivity index (χ0n) is 12.3. The van der Waals surface area contributed by atoms with Crippen molar-refractivity contribution in [2.24, 2.45) is 5.73 Å². The number of aryl methyl sites for hydroxylation is 1. The van der Waals surface area contributed by atoms with E-state index in [9.17, 15) is 4.79 Å². The summed E-state index contributed by atoms with van der Waals surface area (Å²) < 4.78 is 0. The summed E-state index contributed by atoms with van der Waals surface area (Å²) in [4.78, 5) is 12.7. The van der Waals surface area contributed by atoms with Crippen LogP contribution in [-0.2, 0) is 11.2 Å². The summed E-state index contributed by atoms with van der Waals surface area (Å²) >= 11 is 5.79. The van der Waals surface area contributed by atoms with E-state index in [1.54, 1.807) is 0 Å². The number of hydrogen-bond donors (Lipinski definition) is 3. The summed E-state index contributed by atoms with van der Waals surface area (Å²) in [6.07, 6.45) is 0.464. The fourth-order valence-electron chi connectivity index (χ4n) is 2.25. The number of rotatable bonds is 9. The number of carbonyl (C=O) groups is 1. The molecule has 0 aliphatic rings. The first-order valence-electron chi connectivity index (χ1n) is 6.96. The Morgan fingerprint density at radius 2 is 2.14 bits per heavy atom. The van der Waals surface area contributed by atoms with Crippen molar-refractivity contribution in [3.05, 3.63) is 29.3 Å². The van der Waals surface area contributed by atoms with E-state index in [1.165, 1.54) is 0 Å². The third kappa shape index (κ3) is 5.91. The fourth-order valence-corrected chi connectivity index (χ4v) is 2.45. The maximum Gasteiger partial charge on any atom is 0.304 e. The molecule has 1 atom stereocenters. The normalized spacial score (nSPS) is 12.2. The molecule has 0 bridgehead atoms. The van der Waals surface area contributed by atoms with Gasteiger partial charge in [0.25, 0.3) is 0 Å².